The molecular weight excluding hydrogens is 222 g/mol. The molecule has 1 aliphatic heterocycles. The molecule has 0 aliphatic carbocycles. The molecule has 6 heteroatoms. The second-order valence-electron chi connectivity index (χ2n) is 4.30. The third-order valence-corrected chi connectivity index (χ3v) is 2.84. The highest BCUT2D eigenvalue weighted by Crippen LogP contribution is 2.17. The van der Waals surface area contributed by atoms with Gasteiger partial charge < -0.3 is 19.7 Å². The fraction of sp³-hybridized carbons (Fsp3) is 0.818. The van der Waals surface area contributed by atoms with Gasteiger partial charge in [-0.15, -0.1) is 0 Å². The molecule has 2 rings (SSSR count). The molecule has 1 aromatic heterocycles. The van der Waals surface area contributed by atoms with Crippen LogP contribution in [0.15, 0.2) is 4.52 Å². The van der Waals surface area contributed by atoms with Gasteiger partial charge in [0.1, 0.15) is 0 Å². The Morgan fingerprint density at radius 1 is 1.53 bits per heavy atom. The number of hydrogen-bond acceptors (Lipinski definition) is 6. The zero-order valence-electron chi connectivity index (χ0n) is 10.1. The number of ether oxygens (including phenoxy) is 2. The molecule has 0 spiro atoms. The van der Waals surface area contributed by atoms with Crippen LogP contribution in [0.5, 0.6) is 0 Å². The Morgan fingerprint density at radius 2 is 2.41 bits per heavy atom. The molecule has 0 radical (unpaired) electrons. The molecule has 0 bridgehead atoms. The molecular formula is C11H19N3O3. The maximum atomic E-state index is 5.81. The lowest BCUT2D eigenvalue weighted by molar-refractivity contribution is 0.0124. The molecule has 1 aromatic rings. The van der Waals surface area contributed by atoms with E-state index in [2.05, 4.69) is 10.1 Å². The summed E-state index contributed by atoms with van der Waals surface area (Å²) in [6, 6.07) is -0.329. The molecule has 0 amide bonds. The second-order valence-corrected chi connectivity index (χ2v) is 4.30. The van der Waals surface area contributed by atoms with Crippen molar-refractivity contribution >= 4 is 0 Å². The summed E-state index contributed by atoms with van der Waals surface area (Å²) in [6.07, 6.45) is 4.28. The van der Waals surface area contributed by atoms with Gasteiger partial charge in [0.05, 0.1) is 25.2 Å². The normalized spacial score (nSPS) is 22.6. The van der Waals surface area contributed by atoms with Crippen molar-refractivity contribution in [3.63, 3.8) is 0 Å². The number of nitrogens with two attached hydrogens (primary N) is 1. The predicted octanol–water partition coefficient (Wildman–Crippen LogP) is 0.827. The fourth-order valence-corrected chi connectivity index (χ4v) is 1.92. The van der Waals surface area contributed by atoms with E-state index in [0.717, 1.165) is 19.4 Å². The largest absolute Gasteiger partial charge is 0.383 e. The van der Waals surface area contributed by atoms with Crippen molar-refractivity contribution in [3.8, 4) is 0 Å². The van der Waals surface area contributed by atoms with Crippen LogP contribution in [-0.4, -0.2) is 36.6 Å². The smallest absolute Gasteiger partial charge is 0.229 e. The summed E-state index contributed by atoms with van der Waals surface area (Å²) in [4.78, 5) is 4.26. The van der Waals surface area contributed by atoms with E-state index in [1.165, 1.54) is 6.42 Å². The van der Waals surface area contributed by atoms with Crippen LogP contribution in [0, 0.1) is 0 Å². The van der Waals surface area contributed by atoms with Crippen molar-refractivity contribution in [2.75, 3.05) is 20.3 Å². The standard InChI is InChI=1S/C11H19N3O3/c1-15-7-9(12)11-13-10(17-14-11)6-8-4-2-3-5-16-8/h8-9H,2-7,12H2,1H3. The number of methoxy groups -OCH3 is 1. The van der Waals surface area contributed by atoms with Gasteiger partial charge in [-0.25, -0.2) is 0 Å². The molecule has 2 atom stereocenters. The van der Waals surface area contributed by atoms with Gasteiger partial charge in [-0.05, 0) is 19.3 Å². The molecule has 1 aliphatic rings. The average Bonchev–Trinajstić information content (AvgIpc) is 2.79. The highest BCUT2D eigenvalue weighted by atomic mass is 16.5. The molecule has 0 saturated carbocycles. The number of nitrogens with zero attached hydrogens (tertiary/aromatic N) is 2. The summed E-state index contributed by atoms with van der Waals surface area (Å²) in [7, 11) is 1.59. The minimum atomic E-state index is -0.329. The zero-order chi connectivity index (χ0) is 12.1. The minimum Gasteiger partial charge on any atom is -0.383 e. The number of rotatable bonds is 5. The Hall–Kier alpha value is -0.980. The molecule has 6 nitrogen and oxygen atoms in total. The average molecular weight is 241 g/mol. The van der Waals surface area contributed by atoms with Gasteiger partial charge in [0.2, 0.25) is 5.89 Å². The van der Waals surface area contributed by atoms with Crippen LogP contribution in [0.3, 0.4) is 0 Å². The molecule has 1 fully saturated rings. The fourth-order valence-electron chi connectivity index (χ4n) is 1.92. The summed E-state index contributed by atoms with van der Waals surface area (Å²) >= 11 is 0. The molecule has 2 N–H and O–H groups in total. The van der Waals surface area contributed by atoms with E-state index in [1.54, 1.807) is 7.11 Å². The van der Waals surface area contributed by atoms with Crippen molar-refractivity contribution in [3.05, 3.63) is 11.7 Å². The Bertz CT molecular complexity index is 336. The Labute approximate surface area is 100 Å². The molecule has 1 saturated heterocycles. The van der Waals surface area contributed by atoms with E-state index in [1.807, 2.05) is 0 Å². The first-order valence-corrected chi connectivity index (χ1v) is 5.98. The van der Waals surface area contributed by atoms with Crippen molar-refractivity contribution < 1.29 is 14.0 Å². The molecule has 2 unspecified atom stereocenters. The van der Waals surface area contributed by atoms with Crippen LogP contribution in [-0.2, 0) is 15.9 Å². The maximum Gasteiger partial charge on any atom is 0.229 e. The number of hydrogen-bond donors (Lipinski definition) is 1. The van der Waals surface area contributed by atoms with Crippen LogP contribution in [0.25, 0.3) is 0 Å². The van der Waals surface area contributed by atoms with Gasteiger partial charge >= 0.3 is 0 Å². The molecule has 2 heterocycles. The van der Waals surface area contributed by atoms with Gasteiger partial charge in [-0.1, -0.05) is 5.16 Å². The van der Waals surface area contributed by atoms with Crippen LogP contribution in [0.4, 0.5) is 0 Å². The second kappa shape index (κ2) is 6.09. The summed E-state index contributed by atoms with van der Waals surface area (Å²) in [6.45, 7) is 1.22. The van der Waals surface area contributed by atoms with Crippen molar-refractivity contribution in [2.45, 2.75) is 37.8 Å². The quantitative estimate of drug-likeness (QED) is 0.822. The first-order valence-electron chi connectivity index (χ1n) is 5.98. The predicted molar refractivity (Wildman–Crippen MR) is 60.4 cm³/mol. The van der Waals surface area contributed by atoms with Gasteiger partial charge in [0.15, 0.2) is 5.82 Å². The van der Waals surface area contributed by atoms with E-state index in [-0.39, 0.29) is 12.1 Å². The first kappa shape index (κ1) is 12.5. The lowest BCUT2D eigenvalue weighted by Crippen LogP contribution is -2.21. The zero-order valence-corrected chi connectivity index (χ0v) is 10.1. The third kappa shape index (κ3) is 3.49. The molecule has 17 heavy (non-hydrogen) atoms. The SMILES string of the molecule is COCC(N)c1noc(CC2CCCCO2)n1. The topological polar surface area (TPSA) is 83.4 Å². The van der Waals surface area contributed by atoms with E-state index in [4.69, 9.17) is 19.7 Å². The Balaban J connectivity index is 1.88. The lowest BCUT2D eigenvalue weighted by atomic mass is 10.1. The van der Waals surface area contributed by atoms with Crippen LogP contribution < -0.4 is 5.73 Å². The van der Waals surface area contributed by atoms with E-state index >= 15 is 0 Å². The van der Waals surface area contributed by atoms with E-state index in [9.17, 15) is 0 Å². The van der Waals surface area contributed by atoms with Crippen LogP contribution >= 0.6 is 0 Å². The van der Waals surface area contributed by atoms with Gasteiger partial charge in [0.25, 0.3) is 0 Å². The Kier molecular flexibility index (Phi) is 4.47. The lowest BCUT2D eigenvalue weighted by Gasteiger charge is -2.20. The van der Waals surface area contributed by atoms with Crippen molar-refractivity contribution in [1.82, 2.24) is 10.1 Å². The molecule has 96 valence electrons. The maximum absolute atomic E-state index is 5.81. The monoisotopic (exact) mass is 241 g/mol. The number of aromatic nitrogens is 2. The van der Waals surface area contributed by atoms with Gasteiger partial charge in [0, 0.05) is 13.7 Å². The van der Waals surface area contributed by atoms with Crippen molar-refractivity contribution in [2.24, 2.45) is 5.73 Å². The highest BCUT2D eigenvalue weighted by molar-refractivity contribution is 4.94. The van der Waals surface area contributed by atoms with Crippen LogP contribution in [0.1, 0.15) is 37.0 Å². The first-order chi connectivity index (χ1) is 8.29. The van der Waals surface area contributed by atoms with Gasteiger partial charge in [-0.2, -0.15) is 4.98 Å². The van der Waals surface area contributed by atoms with Gasteiger partial charge in [-0.3, -0.25) is 0 Å². The third-order valence-electron chi connectivity index (χ3n) is 2.84. The van der Waals surface area contributed by atoms with E-state index < -0.39 is 0 Å². The minimum absolute atomic E-state index is 0.204. The Morgan fingerprint density at radius 3 is 3.12 bits per heavy atom. The summed E-state index contributed by atoms with van der Waals surface area (Å²) in [5.74, 6) is 1.09. The summed E-state index contributed by atoms with van der Waals surface area (Å²) in [5.41, 5.74) is 5.81. The van der Waals surface area contributed by atoms with E-state index in [0.29, 0.717) is 24.7 Å². The van der Waals surface area contributed by atoms with Crippen molar-refractivity contribution in [1.29, 1.82) is 0 Å². The highest BCUT2D eigenvalue weighted by Gasteiger charge is 2.19. The summed E-state index contributed by atoms with van der Waals surface area (Å²) in [5, 5.41) is 3.85. The molecule has 0 aromatic carbocycles. The van der Waals surface area contributed by atoms with Crippen LogP contribution in [0.2, 0.25) is 0 Å². The summed E-state index contributed by atoms with van der Waals surface area (Å²) < 4.78 is 15.7.